The molecule has 1 atom stereocenters. The summed E-state index contributed by atoms with van der Waals surface area (Å²) in [5.41, 5.74) is 2.40. The summed E-state index contributed by atoms with van der Waals surface area (Å²) >= 11 is 0. The Morgan fingerprint density at radius 1 is 1.38 bits per heavy atom. The van der Waals surface area contributed by atoms with E-state index in [1.165, 1.54) is 23.2 Å². The number of aromatic nitrogens is 4. The van der Waals surface area contributed by atoms with Crippen LogP contribution >= 0.6 is 0 Å². The molecule has 21 heavy (non-hydrogen) atoms. The number of aryl methyl sites for hydroxylation is 1. The summed E-state index contributed by atoms with van der Waals surface area (Å²) in [5, 5.41) is 11.8. The number of H-pyrrole nitrogens is 1. The number of nitrogens with one attached hydrogen (secondary N) is 2. The summed E-state index contributed by atoms with van der Waals surface area (Å²) in [7, 11) is 0. The average molecular weight is 281 g/mol. The van der Waals surface area contributed by atoms with Crippen LogP contribution in [0.15, 0.2) is 36.8 Å². The van der Waals surface area contributed by atoms with Crippen LogP contribution in [0.25, 0.3) is 10.9 Å². The van der Waals surface area contributed by atoms with Crippen molar-refractivity contribution >= 4 is 10.9 Å². The van der Waals surface area contributed by atoms with Crippen LogP contribution in [0.1, 0.15) is 17.8 Å². The van der Waals surface area contributed by atoms with Gasteiger partial charge >= 0.3 is 0 Å². The molecule has 0 fully saturated rings. The highest BCUT2D eigenvalue weighted by atomic mass is 15.1. The first-order valence-electron chi connectivity index (χ1n) is 7.51. The van der Waals surface area contributed by atoms with Crippen LogP contribution in [0.5, 0.6) is 0 Å². The highest BCUT2D eigenvalue weighted by Crippen LogP contribution is 2.18. The zero-order valence-corrected chi connectivity index (χ0v) is 11.9. The van der Waals surface area contributed by atoms with Gasteiger partial charge in [-0.1, -0.05) is 12.1 Å². The number of aromatic amines is 1. The Morgan fingerprint density at radius 3 is 3.38 bits per heavy atom. The fourth-order valence-corrected chi connectivity index (χ4v) is 3.12. The number of rotatable bonds is 4. The monoisotopic (exact) mass is 281 g/mol. The van der Waals surface area contributed by atoms with E-state index in [0.29, 0.717) is 5.92 Å². The molecule has 0 saturated heterocycles. The van der Waals surface area contributed by atoms with E-state index in [-0.39, 0.29) is 0 Å². The summed E-state index contributed by atoms with van der Waals surface area (Å²) in [5.74, 6) is 1.93. The molecule has 108 valence electrons. The number of fused-ring (bicyclic) bond motifs is 2. The minimum Gasteiger partial charge on any atom is -0.335 e. The predicted molar refractivity (Wildman–Crippen MR) is 81.8 cm³/mol. The maximum atomic E-state index is 4.38. The molecule has 4 rings (SSSR count). The fraction of sp³-hybridized carbons (Fsp3) is 0.375. The molecular weight excluding hydrogens is 262 g/mol. The molecule has 0 unspecified atom stereocenters. The van der Waals surface area contributed by atoms with Gasteiger partial charge in [-0.05, 0) is 30.5 Å². The Labute approximate surface area is 123 Å². The van der Waals surface area contributed by atoms with Crippen LogP contribution in [0.3, 0.4) is 0 Å². The van der Waals surface area contributed by atoms with Gasteiger partial charge in [-0.2, -0.15) is 5.10 Å². The third-order valence-corrected chi connectivity index (χ3v) is 4.30. The largest absolute Gasteiger partial charge is 0.335 e. The summed E-state index contributed by atoms with van der Waals surface area (Å²) in [6.45, 7) is 3.04. The number of nitrogens with zero attached hydrogens (tertiary/aromatic N) is 3. The molecule has 2 N–H and O–H groups in total. The smallest absolute Gasteiger partial charge is 0.108 e. The fourth-order valence-electron chi connectivity index (χ4n) is 3.12. The lowest BCUT2D eigenvalue weighted by Crippen LogP contribution is -2.29. The molecular formula is C16H19N5. The standard InChI is InChI=1S/C16H19N5/c1-3-14-10-19-20-15(14)7-12(1)8-17-9-13-2-4-16-18-5-6-21(16)11-13/h1,3,5-7,10,13,17H,2,4,8-9,11H2,(H,19,20)/t13-/m1/s1. The minimum atomic E-state index is 0.697. The van der Waals surface area contributed by atoms with E-state index in [1.807, 2.05) is 12.4 Å². The third-order valence-electron chi connectivity index (χ3n) is 4.30. The normalized spacial score (nSPS) is 18.0. The summed E-state index contributed by atoms with van der Waals surface area (Å²) in [6.07, 6.45) is 8.18. The molecule has 1 aromatic carbocycles. The highest BCUT2D eigenvalue weighted by molar-refractivity contribution is 5.78. The molecule has 5 heteroatoms. The SMILES string of the molecule is c1cn2c(n1)CC[C@H](CNCc1ccc3cn[nH]c3c1)C2. The van der Waals surface area contributed by atoms with Gasteiger partial charge in [0, 0.05) is 37.3 Å². The molecule has 0 aliphatic carbocycles. The van der Waals surface area contributed by atoms with Gasteiger partial charge in [-0.3, -0.25) is 5.10 Å². The number of hydrogen-bond acceptors (Lipinski definition) is 3. The quantitative estimate of drug-likeness (QED) is 0.770. The van der Waals surface area contributed by atoms with E-state index in [9.17, 15) is 0 Å². The predicted octanol–water partition coefficient (Wildman–Crippen LogP) is 2.11. The first-order valence-corrected chi connectivity index (χ1v) is 7.51. The molecule has 3 aromatic rings. The maximum absolute atomic E-state index is 4.38. The van der Waals surface area contributed by atoms with Crippen molar-refractivity contribution in [2.75, 3.05) is 6.54 Å². The van der Waals surface area contributed by atoms with Crippen LogP contribution in [0, 0.1) is 5.92 Å². The van der Waals surface area contributed by atoms with Crippen molar-refractivity contribution in [1.82, 2.24) is 25.1 Å². The topological polar surface area (TPSA) is 58.5 Å². The van der Waals surface area contributed by atoms with Crippen molar-refractivity contribution in [2.24, 2.45) is 5.92 Å². The highest BCUT2D eigenvalue weighted by Gasteiger charge is 2.18. The van der Waals surface area contributed by atoms with Crippen LogP contribution in [0.4, 0.5) is 0 Å². The van der Waals surface area contributed by atoms with E-state index >= 15 is 0 Å². The van der Waals surface area contributed by atoms with Gasteiger partial charge in [0.15, 0.2) is 0 Å². The Bertz CT molecular complexity index is 742. The van der Waals surface area contributed by atoms with Gasteiger partial charge in [0.05, 0.1) is 11.7 Å². The molecule has 0 bridgehead atoms. The van der Waals surface area contributed by atoms with E-state index < -0.39 is 0 Å². The molecule has 0 radical (unpaired) electrons. The first-order chi connectivity index (χ1) is 10.4. The van der Waals surface area contributed by atoms with Gasteiger partial charge in [0.2, 0.25) is 0 Å². The van der Waals surface area contributed by atoms with Gasteiger partial charge in [-0.25, -0.2) is 4.98 Å². The lowest BCUT2D eigenvalue weighted by atomic mass is 9.99. The van der Waals surface area contributed by atoms with Gasteiger partial charge in [-0.15, -0.1) is 0 Å². The Balaban J connectivity index is 1.33. The Kier molecular flexibility index (Phi) is 3.20. The van der Waals surface area contributed by atoms with Crippen LogP contribution in [0.2, 0.25) is 0 Å². The van der Waals surface area contributed by atoms with Crippen molar-refractivity contribution in [3.05, 3.63) is 48.2 Å². The maximum Gasteiger partial charge on any atom is 0.108 e. The van der Waals surface area contributed by atoms with Crippen molar-refractivity contribution in [3.8, 4) is 0 Å². The molecule has 2 aromatic heterocycles. The average Bonchev–Trinajstić information content (AvgIpc) is 3.14. The lowest BCUT2D eigenvalue weighted by Gasteiger charge is -2.24. The Hall–Kier alpha value is -2.14. The zero-order chi connectivity index (χ0) is 14.1. The molecule has 0 amide bonds. The summed E-state index contributed by atoms with van der Waals surface area (Å²) in [4.78, 5) is 4.38. The van der Waals surface area contributed by atoms with Gasteiger partial charge in [0.25, 0.3) is 0 Å². The van der Waals surface area contributed by atoms with Gasteiger partial charge < -0.3 is 9.88 Å². The number of hydrogen-bond donors (Lipinski definition) is 2. The van der Waals surface area contributed by atoms with Crippen molar-refractivity contribution in [3.63, 3.8) is 0 Å². The van der Waals surface area contributed by atoms with E-state index in [4.69, 9.17) is 0 Å². The van der Waals surface area contributed by atoms with Crippen LogP contribution < -0.4 is 5.32 Å². The van der Waals surface area contributed by atoms with Crippen molar-refractivity contribution in [1.29, 1.82) is 0 Å². The van der Waals surface area contributed by atoms with Crippen LogP contribution in [-0.2, 0) is 19.5 Å². The van der Waals surface area contributed by atoms with E-state index in [1.54, 1.807) is 0 Å². The second-order valence-corrected chi connectivity index (χ2v) is 5.82. The minimum absolute atomic E-state index is 0.697. The lowest BCUT2D eigenvalue weighted by molar-refractivity contribution is 0.347. The van der Waals surface area contributed by atoms with Crippen LogP contribution in [-0.4, -0.2) is 26.3 Å². The number of benzene rings is 1. The molecule has 0 saturated carbocycles. The summed E-state index contributed by atoms with van der Waals surface area (Å²) in [6, 6.07) is 6.46. The van der Waals surface area contributed by atoms with Gasteiger partial charge in [0.1, 0.15) is 5.82 Å². The molecule has 0 spiro atoms. The Morgan fingerprint density at radius 2 is 2.38 bits per heavy atom. The molecule has 1 aliphatic rings. The first kappa shape index (κ1) is 12.6. The van der Waals surface area contributed by atoms with Crippen molar-refractivity contribution in [2.45, 2.75) is 25.9 Å². The second kappa shape index (κ2) is 5.33. The van der Waals surface area contributed by atoms with E-state index in [2.05, 4.69) is 49.5 Å². The second-order valence-electron chi connectivity index (χ2n) is 5.82. The van der Waals surface area contributed by atoms with E-state index in [0.717, 1.165) is 31.6 Å². The molecule has 5 nitrogen and oxygen atoms in total. The summed E-state index contributed by atoms with van der Waals surface area (Å²) < 4.78 is 2.28. The van der Waals surface area contributed by atoms with Crippen molar-refractivity contribution < 1.29 is 0 Å². The number of imidazole rings is 1. The molecule has 1 aliphatic heterocycles. The zero-order valence-electron chi connectivity index (χ0n) is 11.9. The third kappa shape index (κ3) is 2.56. The molecule has 3 heterocycles.